The van der Waals surface area contributed by atoms with Gasteiger partial charge in [-0.05, 0) is 89.0 Å². The average Bonchev–Trinajstić information content (AvgIpc) is 3.21. The third-order valence-electron chi connectivity index (χ3n) is 9.82. The second-order valence-electron chi connectivity index (χ2n) is 12.8. The van der Waals surface area contributed by atoms with Crippen molar-refractivity contribution in [1.29, 1.82) is 0 Å². The Labute approximate surface area is 292 Å². The van der Waals surface area contributed by atoms with Gasteiger partial charge < -0.3 is 0 Å². The Hall–Kier alpha value is -6.57. The van der Waals surface area contributed by atoms with Crippen LogP contribution in [0.3, 0.4) is 0 Å². The van der Waals surface area contributed by atoms with Crippen molar-refractivity contribution in [2.75, 3.05) is 0 Å². The van der Waals surface area contributed by atoms with E-state index in [1.54, 1.807) is 0 Å². The topological polar surface area (TPSA) is 12.9 Å². The first kappa shape index (κ1) is 29.6. The lowest BCUT2D eigenvalue weighted by Crippen LogP contribution is -1.92. The molecule has 0 aliphatic heterocycles. The number of benzene rings is 8. The van der Waals surface area contributed by atoms with Crippen LogP contribution in [0, 0.1) is 0 Å². The van der Waals surface area contributed by atoms with Gasteiger partial charge in [-0.1, -0.05) is 182 Å². The molecule has 0 unspecified atom stereocenters. The van der Waals surface area contributed by atoms with Crippen LogP contribution >= 0.6 is 0 Å². The van der Waals surface area contributed by atoms with E-state index in [4.69, 9.17) is 0 Å². The SMILES string of the molecule is c1ccc(-c2ccc(-c3ccc(-c4c5ccccc5c(-c5ccc(-c6ccc(-c7ccccc7)cc6)cc5)c5cnccc45)cc3)cc2)cc1. The Kier molecular flexibility index (Phi) is 7.57. The van der Waals surface area contributed by atoms with E-state index in [-0.39, 0.29) is 0 Å². The first-order valence-electron chi connectivity index (χ1n) is 17.1. The molecule has 9 rings (SSSR count). The van der Waals surface area contributed by atoms with Gasteiger partial charge in [0.25, 0.3) is 0 Å². The number of hydrogen-bond donors (Lipinski definition) is 0. The van der Waals surface area contributed by atoms with Crippen molar-refractivity contribution >= 4 is 21.5 Å². The molecular formula is C49H33N. The van der Waals surface area contributed by atoms with Gasteiger partial charge >= 0.3 is 0 Å². The average molecular weight is 636 g/mol. The molecule has 0 amide bonds. The third kappa shape index (κ3) is 5.45. The Morgan fingerprint density at radius 2 is 0.500 bits per heavy atom. The molecule has 0 atom stereocenters. The highest BCUT2D eigenvalue weighted by atomic mass is 14.6. The summed E-state index contributed by atoms with van der Waals surface area (Å²) in [5.74, 6) is 0. The zero-order valence-corrected chi connectivity index (χ0v) is 27.5. The molecule has 0 N–H and O–H groups in total. The molecule has 0 radical (unpaired) electrons. The van der Waals surface area contributed by atoms with Crippen LogP contribution in [-0.4, -0.2) is 4.98 Å². The molecule has 8 aromatic carbocycles. The van der Waals surface area contributed by atoms with Gasteiger partial charge in [0.2, 0.25) is 0 Å². The highest BCUT2D eigenvalue weighted by Crippen LogP contribution is 2.44. The normalized spacial score (nSPS) is 11.2. The van der Waals surface area contributed by atoms with E-state index < -0.39 is 0 Å². The predicted octanol–water partition coefficient (Wildman–Crippen LogP) is 13.4. The number of hydrogen-bond acceptors (Lipinski definition) is 1. The molecular weight excluding hydrogens is 603 g/mol. The summed E-state index contributed by atoms with van der Waals surface area (Å²) in [6.07, 6.45) is 3.94. The first-order chi connectivity index (χ1) is 24.8. The number of rotatable bonds is 6. The Morgan fingerprint density at radius 3 is 0.880 bits per heavy atom. The van der Waals surface area contributed by atoms with Gasteiger partial charge in [-0.2, -0.15) is 0 Å². The summed E-state index contributed by atoms with van der Waals surface area (Å²) in [6, 6.07) is 67.7. The van der Waals surface area contributed by atoms with E-state index >= 15 is 0 Å². The van der Waals surface area contributed by atoms with Crippen molar-refractivity contribution in [2.45, 2.75) is 0 Å². The smallest absolute Gasteiger partial charge is 0.0353 e. The van der Waals surface area contributed by atoms with Gasteiger partial charge in [0.05, 0.1) is 0 Å². The lowest BCUT2D eigenvalue weighted by atomic mass is 9.86. The van der Waals surface area contributed by atoms with Gasteiger partial charge in [-0.25, -0.2) is 0 Å². The Morgan fingerprint density at radius 1 is 0.220 bits per heavy atom. The number of pyridine rings is 1. The van der Waals surface area contributed by atoms with Gasteiger partial charge in [-0.3, -0.25) is 4.98 Å². The Bertz CT molecular complexity index is 2330. The molecule has 0 saturated carbocycles. The highest BCUT2D eigenvalue weighted by molar-refractivity contribution is 6.21. The lowest BCUT2D eigenvalue weighted by Gasteiger charge is -2.18. The zero-order chi connectivity index (χ0) is 33.3. The van der Waals surface area contributed by atoms with Crippen molar-refractivity contribution < 1.29 is 0 Å². The molecule has 1 heterocycles. The van der Waals surface area contributed by atoms with Crippen molar-refractivity contribution in [1.82, 2.24) is 4.98 Å². The van der Waals surface area contributed by atoms with Gasteiger partial charge in [0, 0.05) is 17.8 Å². The summed E-state index contributed by atoms with van der Waals surface area (Å²) in [7, 11) is 0. The summed E-state index contributed by atoms with van der Waals surface area (Å²) >= 11 is 0. The fourth-order valence-electron chi connectivity index (χ4n) is 7.27. The van der Waals surface area contributed by atoms with Crippen molar-refractivity contribution in [3.63, 3.8) is 0 Å². The van der Waals surface area contributed by atoms with Gasteiger partial charge in [0.1, 0.15) is 0 Å². The molecule has 9 aromatic rings. The van der Waals surface area contributed by atoms with E-state index in [9.17, 15) is 0 Å². The second kappa shape index (κ2) is 12.8. The first-order valence-corrected chi connectivity index (χ1v) is 17.1. The summed E-state index contributed by atoms with van der Waals surface area (Å²) < 4.78 is 0. The largest absolute Gasteiger partial charge is 0.264 e. The molecule has 0 aliphatic rings. The van der Waals surface area contributed by atoms with E-state index in [1.807, 2.05) is 12.4 Å². The summed E-state index contributed by atoms with van der Waals surface area (Å²) in [4.78, 5) is 4.62. The fraction of sp³-hybridized carbons (Fsp3) is 0. The molecule has 0 aliphatic carbocycles. The maximum absolute atomic E-state index is 4.62. The molecule has 0 bridgehead atoms. The van der Waals surface area contributed by atoms with Crippen LogP contribution in [0.2, 0.25) is 0 Å². The minimum atomic E-state index is 1.15. The second-order valence-corrected chi connectivity index (χ2v) is 12.8. The number of nitrogens with zero attached hydrogens (tertiary/aromatic N) is 1. The predicted molar refractivity (Wildman–Crippen MR) is 212 cm³/mol. The van der Waals surface area contributed by atoms with E-state index in [2.05, 4.69) is 193 Å². The molecule has 50 heavy (non-hydrogen) atoms. The molecule has 0 saturated heterocycles. The quantitative estimate of drug-likeness (QED) is 0.166. The van der Waals surface area contributed by atoms with E-state index in [0.29, 0.717) is 0 Å². The van der Waals surface area contributed by atoms with E-state index in [0.717, 1.165) is 5.39 Å². The summed E-state index contributed by atoms with van der Waals surface area (Å²) in [5.41, 5.74) is 14.6. The molecule has 1 aromatic heterocycles. The number of aromatic nitrogens is 1. The van der Waals surface area contributed by atoms with Gasteiger partial charge in [0.15, 0.2) is 0 Å². The van der Waals surface area contributed by atoms with Crippen molar-refractivity contribution in [3.05, 3.63) is 200 Å². The van der Waals surface area contributed by atoms with Crippen molar-refractivity contribution in [3.8, 4) is 66.8 Å². The minimum absolute atomic E-state index is 1.15. The highest BCUT2D eigenvalue weighted by Gasteiger charge is 2.17. The zero-order valence-electron chi connectivity index (χ0n) is 27.5. The van der Waals surface area contributed by atoms with Crippen LogP contribution in [0.1, 0.15) is 0 Å². The van der Waals surface area contributed by atoms with Crippen LogP contribution in [-0.2, 0) is 0 Å². The van der Waals surface area contributed by atoms with Crippen LogP contribution in [0.15, 0.2) is 200 Å². The molecule has 0 spiro atoms. The van der Waals surface area contributed by atoms with Gasteiger partial charge in [-0.15, -0.1) is 0 Å². The standard InChI is InChI=1S/C49H33N/c1-3-9-34(10-4-1)36-15-19-38(20-16-36)40-23-27-42(28-24-40)48-44-13-7-8-14-45(44)49(47-33-50-32-31-46(47)48)43-29-25-41(26-30-43)39-21-17-37(18-22-39)35-11-5-2-6-12-35/h1-33H. The summed E-state index contributed by atoms with van der Waals surface area (Å²) in [5, 5.41) is 4.82. The monoisotopic (exact) mass is 635 g/mol. The molecule has 1 nitrogen and oxygen atoms in total. The van der Waals surface area contributed by atoms with Crippen LogP contribution in [0.5, 0.6) is 0 Å². The van der Waals surface area contributed by atoms with Crippen LogP contribution in [0.4, 0.5) is 0 Å². The maximum atomic E-state index is 4.62. The lowest BCUT2D eigenvalue weighted by molar-refractivity contribution is 1.37. The molecule has 0 fully saturated rings. The fourth-order valence-corrected chi connectivity index (χ4v) is 7.27. The molecule has 234 valence electrons. The molecule has 1 heteroatoms. The van der Waals surface area contributed by atoms with Crippen molar-refractivity contribution in [2.24, 2.45) is 0 Å². The Balaban J connectivity index is 1.08. The van der Waals surface area contributed by atoms with Crippen LogP contribution in [0.25, 0.3) is 88.3 Å². The third-order valence-corrected chi connectivity index (χ3v) is 9.82. The minimum Gasteiger partial charge on any atom is -0.264 e. The van der Waals surface area contributed by atoms with Crippen LogP contribution < -0.4 is 0 Å². The van der Waals surface area contributed by atoms with E-state index in [1.165, 1.54) is 82.9 Å². The number of fused-ring (bicyclic) bond motifs is 2. The maximum Gasteiger partial charge on any atom is 0.0353 e. The summed E-state index contributed by atoms with van der Waals surface area (Å²) in [6.45, 7) is 0.